The number of hydrogen-bond donors (Lipinski definition) is 0. The summed E-state index contributed by atoms with van der Waals surface area (Å²) in [6.45, 7) is 4.00. The predicted molar refractivity (Wildman–Crippen MR) is 99.9 cm³/mol. The van der Waals surface area contributed by atoms with Gasteiger partial charge in [0.15, 0.2) is 0 Å². The van der Waals surface area contributed by atoms with E-state index in [4.69, 9.17) is 0 Å². The van der Waals surface area contributed by atoms with E-state index in [9.17, 15) is 10.1 Å². The quantitative estimate of drug-likeness (QED) is 0.701. The highest BCUT2D eigenvalue weighted by atomic mass is 16.2. The molecule has 1 heterocycles. The van der Waals surface area contributed by atoms with Gasteiger partial charge in [0.2, 0.25) is 5.91 Å². The fourth-order valence-electron chi connectivity index (χ4n) is 5.11. The van der Waals surface area contributed by atoms with E-state index in [1.165, 1.54) is 44.9 Å². The van der Waals surface area contributed by atoms with E-state index in [-0.39, 0.29) is 10.8 Å². The van der Waals surface area contributed by atoms with Gasteiger partial charge in [-0.25, -0.2) is 0 Å². The Kier molecular flexibility index (Phi) is 5.17. The molecular weight excluding hydrogens is 310 g/mol. The van der Waals surface area contributed by atoms with Crippen LogP contribution in [0.2, 0.25) is 0 Å². The molecule has 1 saturated heterocycles. The van der Waals surface area contributed by atoms with Crippen LogP contribution in [0.4, 0.5) is 0 Å². The maximum Gasteiger partial charge on any atom is 0.223 e. The number of carbonyl (C=O) groups is 1. The average Bonchev–Trinajstić information content (AvgIpc) is 3.32. The van der Waals surface area contributed by atoms with Gasteiger partial charge in [-0.05, 0) is 70.9 Å². The van der Waals surface area contributed by atoms with Crippen molar-refractivity contribution < 1.29 is 4.79 Å². The summed E-state index contributed by atoms with van der Waals surface area (Å²) in [5, 5.41) is 9.26. The Bertz CT molecular complexity index is 536. The highest BCUT2D eigenvalue weighted by molar-refractivity contribution is 5.79. The standard InChI is InChI=1S/C21H35N3O/c1-4-5-6-21(23(2)3)11-9-20(10-12-21)15-18(25)24(17-20)14-13-19(16-22)7-8-19/h4-15,17H2,1-3H3. The second-order valence-corrected chi connectivity index (χ2v) is 9.36. The molecule has 3 rings (SSSR count). The molecular formula is C21H35N3O. The SMILES string of the molecule is CCCCC1(N(C)C)CCC2(CC1)CC(=O)N(CCC1(C#N)CC1)C2. The molecule has 1 spiro atoms. The fourth-order valence-corrected chi connectivity index (χ4v) is 5.11. The molecule has 1 amide bonds. The van der Waals surface area contributed by atoms with Crippen molar-refractivity contribution in [3.8, 4) is 6.07 Å². The van der Waals surface area contributed by atoms with Crippen molar-refractivity contribution in [2.45, 2.75) is 83.1 Å². The Morgan fingerprint density at radius 2 is 1.80 bits per heavy atom. The number of carbonyl (C=O) groups excluding carboxylic acids is 1. The lowest BCUT2D eigenvalue weighted by atomic mass is 9.65. The zero-order chi connectivity index (χ0) is 18.1. The summed E-state index contributed by atoms with van der Waals surface area (Å²) in [7, 11) is 4.47. The summed E-state index contributed by atoms with van der Waals surface area (Å²) < 4.78 is 0. The van der Waals surface area contributed by atoms with Gasteiger partial charge in [-0.15, -0.1) is 0 Å². The number of nitriles is 1. The minimum absolute atomic E-state index is 0.0944. The first-order valence-corrected chi connectivity index (χ1v) is 10.2. The van der Waals surface area contributed by atoms with Gasteiger partial charge in [-0.1, -0.05) is 19.8 Å². The lowest BCUT2D eigenvalue weighted by Gasteiger charge is -2.48. The zero-order valence-corrected chi connectivity index (χ0v) is 16.4. The van der Waals surface area contributed by atoms with Gasteiger partial charge in [-0.3, -0.25) is 4.79 Å². The van der Waals surface area contributed by atoms with Crippen molar-refractivity contribution >= 4 is 5.91 Å². The largest absolute Gasteiger partial charge is 0.342 e. The van der Waals surface area contributed by atoms with Gasteiger partial charge in [0.25, 0.3) is 0 Å². The van der Waals surface area contributed by atoms with Crippen LogP contribution in [0.1, 0.15) is 77.6 Å². The molecule has 0 atom stereocenters. The molecule has 4 nitrogen and oxygen atoms in total. The molecule has 0 bridgehead atoms. The van der Waals surface area contributed by atoms with E-state index in [0.717, 1.165) is 38.8 Å². The van der Waals surface area contributed by atoms with Crippen LogP contribution in [-0.4, -0.2) is 48.4 Å². The lowest BCUT2D eigenvalue weighted by molar-refractivity contribution is -0.128. The number of likely N-dealkylation sites (tertiary alicyclic amines) is 1. The van der Waals surface area contributed by atoms with Crippen molar-refractivity contribution in [1.29, 1.82) is 5.26 Å². The number of unbranched alkanes of at least 4 members (excludes halogenated alkanes) is 1. The second-order valence-electron chi connectivity index (χ2n) is 9.36. The third-order valence-electron chi connectivity index (χ3n) is 7.54. The van der Waals surface area contributed by atoms with Gasteiger partial charge < -0.3 is 9.80 Å². The minimum atomic E-state index is -0.0944. The van der Waals surface area contributed by atoms with Crippen LogP contribution < -0.4 is 0 Å². The van der Waals surface area contributed by atoms with Crippen LogP contribution in [0.25, 0.3) is 0 Å². The van der Waals surface area contributed by atoms with E-state index in [0.29, 0.717) is 11.4 Å². The van der Waals surface area contributed by atoms with Gasteiger partial charge in [-0.2, -0.15) is 5.26 Å². The van der Waals surface area contributed by atoms with Gasteiger partial charge in [0.05, 0.1) is 11.5 Å². The Labute approximate surface area is 153 Å². The van der Waals surface area contributed by atoms with Crippen molar-refractivity contribution in [3.05, 3.63) is 0 Å². The monoisotopic (exact) mass is 345 g/mol. The molecule has 4 heteroatoms. The van der Waals surface area contributed by atoms with Crippen molar-refractivity contribution in [2.75, 3.05) is 27.2 Å². The summed E-state index contributed by atoms with van der Waals surface area (Å²) in [6.07, 6.45) is 12.3. The average molecular weight is 346 g/mol. The molecule has 25 heavy (non-hydrogen) atoms. The summed E-state index contributed by atoms with van der Waals surface area (Å²) in [5.41, 5.74) is 0.464. The van der Waals surface area contributed by atoms with Crippen LogP contribution in [0.3, 0.4) is 0 Å². The highest BCUT2D eigenvalue weighted by Crippen LogP contribution is 2.51. The Morgan fingerprint density at radius 1 is 1.12 bits per heavy atom. The summed E-state index contributed by atoms with van der Waals surface area (Å²) in [4.78, 5) is 17.1. The van der Waals surface area contributed by atoms with Gasteiger partial charge in [0.1, 0.15) is 0 Å². The van der Waals surface area contributed by atoms with Crippen LogP contribution in [0, 0.1) is 22.2 Å². The molecule has 0 radical (unpaired) electrons. The van der Waals surface area contributed by atoms with Gasteiger partial charge in [0, 0.05) is 25.0 Å². The second kappa shape index (κ2) is 6.91. The van der Waals surface area contributed by atoms with E-state index >= 15 is 0 Å². The third-order valence-corrected chi connectivity index (χ3v) is 7.54. The number of nitrogens with zero attached hydrogens (tertiary/aromatic N) is 3. The molecule has 2 aliphatic carbocycles. The number of hydrogen-bond acceptors (Lipinski definition) is 3. The van der Waals surface area contributed by atoms with E-state index in [1.54, 1.807) is 0 Å². The molecule has 0 aromatic carbocycles. The maximum atomic E-state index is 12.6. The molecule has 1 aliphatic heterocycles. The molecule has 2 saturated carbocycles. The number of amides is 1. The summed E-state index contributed by atoms with van der Waals surface area (Å²) in [6, 6.07) is 2.46. The van der Waals surface area contributed by atoms with E-state index in [1.807, 2.05) is 0 Å². The first kappa shape index (κ1) is 18.7. The van der Waals surface area contributed by atoms with Crippen molar-refractivity contribution in [2.24, 2.45) is 10.8 Å². The van der Waals surface area contributed by atoms with Gasteiger partial charge >= 0.3 is 0 Å². The smallest absolute Gasteiger partial charge is 0.223 e. The normalized spacial score (nSPS) is 33.9. The Morgan fingerprint density at radius 3 is 2.32 bits per heavy atom. The highest BCUT2D eigenvalue weighted by Gasteiger charge is 2.50. The van der Waals surface area contributed by atoms with Crippen molar-refractivity contribution in [1.82, 2.24) is 9.80 Å². The molecule has 0 aromatic rings. The predicted octanol–water partition coefficient (Wildman–Crippen LogP) is 3.96. The Balaban J connectivity index is 1.57. The van der Waals surface area contributed by atoms with Crippen LogP contribution >= 0.6 is 0 Å². The molecule has 140 valence electrons. The molecule has 3 aliphatic rings. The van der Waals surface area contributed by atoms with Crippen LogP contribution in [0.5, 0.6) is 0 Å². The van der Waals surface area contributed by atoms with Crippen LogP contribution in [0.15, 0.2) is 0 Å². The molecule has 0 N–H and O–H groups in total. The first-order chi connectivity index (χ1) is 11.9. The Hall–Kier alpha value is -1.08. The summed E-state index contributed by atoms with van der Waals surface area (Å²) >= 11 is 0. The van der Waals surface area contributed by atoms with Crippen LogP contribution in [-0.2, 0) is 4.79 Å². The van der Waals surface area contributed by atoms with E-state index < -0.39 is 0 Å². The molecule has 0 unspecified atom stereocenters. The van der Waals surface area contributed by atoms with Crippen molar-refractivity contribution in [3.63, 3.8) is 0 Å². The third kappa shape index (κ3) is 3.72. The molecule has 0 aromatic heterocycles. The number of rotatable bonds is 7. The minimum Gasteiger partial charge on any atom is -0.342 e. The fraction of sp³-hybridized carbons (Fsp3) is 0.905. The maximum absolute atomic E-state index is 12.6. The zero-order valence-electron chi connectivity index (χ0n) is 16.4. The first-order valence-electron chi connectivity index (χ1n) is 10.2. The lowest BCUT2D eigenvalue weighted by Crippen LogP contribution is -2.49. The molecule has 3 fully saturated rings. The topological polar surface area (TPSA) is 47.3 Å². The summed E-state index contributed by atoms with van der Waals surface area (Å²) in [5.74, 6) is 0.333. The van der Waals surface area contributed by atoms with E-state index in [2.05, 4.69) is 36.9 Å².